The molecule has 26 heavy (non-hydrogen) atoms. The lowest BCUT2D eigenvalue weighted by Gasteiger charge is -2.21. The number of hydrogen-bond donors (Lipinski definition) is 2. The van der Waals surface area contributed by atoms with Crippen molar-refractivity contribution in [3.05, 3.63) is 67.4 Å². The van der Waals surface area contributed by atoms with Gasteiger partial charge in [-0.1, -0.05) is 47.6 Å². The van der Waals surface area contributed by atoms with Gasteiger partial charge >= 0.3 is 6.03 Å². The van der Waals surface area contributed by atoms with Crippen molar-refractivity contribution in [2.45, 2.75) is 0 Å². The monoisotopic (exact) mass is 350 g/mol. The molecule has 1 heterocycles. The maximum absolute atomic E-state index is 12.6. The molecule has 3 rings (SSSR count). The second kappa shape index (κ2) is 7.98. The van der Waals surface area contributed by atoms with Crippen LogP contribution in [0.1, 0.15) is 0 Å². The van der Waals surface area contributed by atoms with Crippen molar-refractivity contribution in [1.29, 1.82) is 0 Å². The number of urea groups is 1. The van der Waals surface area contributed by atoms with E-state index in [2.05, 4.69) is 26.9 Å². The minimum atomic E-state index is -0.392. The highest BCUT2D eigenvalue weighted by molar-refractivity contribution is 6.03. The average molecular weight is 350 g/mol. The van der Waals surface area contributed by atoms with Crippen molar-refractivity contribution < 1.29 is 14.1 Å². The smallest absolute Gasteiger partial charge is 0.322 e. The summed E-state index contributed by atoms with van der Waals surface area (Å²) in [5.41, 5.74) is 0.680. The Hall–Kier alpha value is -3.61. The lowest BCUT2D eigenvalue weighted by atomic mass is 10.1. The standard InChI is InChI=1S/C19H18N4O3/c1-2-11-23(13-18(24)21-17-10-12-26-22-17)19(25)20-16-9-5-7-14-6-3-4-8-15(14)16/h2-10,12H,1,11,13H2,(H,20,25)(H,21,22,24). The summed E-state index contributed by atoms with van der Waals surface area (Å²) in [4.78, 5) is 26.1. The number of benzene rings is 2. The van der Waals surface area contributed by atoms with Gasteiger partial charge in [0.15, 0.2) is 5.82 Å². The summed E-state index contributed by atoms with van der Waals surface area (Å²) in [6.45, 7) is 3.72. The molecule has 0 saturated carbocycles. The summed E-state index contributed by atoms with van der Waals surface area (Å²) < 4.78 is 4.66. The summed E-state index contributed by atoms with van der Waals surface area (Å²) >= 11 is 0. The van der Waals surface area contributed by atoms with Crippen LogP contribution in [0.4, 0.5) is 16.3 Å². The Bertz CT molecular complexity index is 916. The number of fused-ring (bicyclic) bond motifs is 1. The molecule has 7 nitrogen and oxygen atoms in total. The van der Waals surface area contributed by atoms with E-state index in [-0.39, 0.29) is 19.0 Å². The van der Waals surface area contributed by atoms with E-state index in [4.69, 9.17) is 0 Å². The number of anilines is 2. The largest absolute Gasteiger partial charge is 0.363 e. The van der Waals surface area contributed by atoms with Gasteiger partial charge in [-0.25, -0.2) is 4.79 Å². The molecule has 0 bridgehead atoms. The molecular formula is C19H18N4O3. The lowest BCUT2D eigenvalue weighted by molar-refractivity contribution is -0.116. The van der Waals surface area contributed by atoms with Crippen LogP contribution in [0.2, 0.25) is 0 Å². The first-order chi connectivity index (χ1) is 12.7. The number of aromatic nitrogens is 1. The van der Waals surface area contributed by atoms with Gasteiger partial charge in [-0.2, -0.15) is 0 Å². The first-order valence-corrected chi connectivity index (χ1v) is 8.02. The third-order valence-electron chi connectivity index (χ3n) is 3.71. The predicted octanol–water partition coefficient (Wildman–Crippen LogP) is 3.49. The van der Waals surface area contributed by atoms with Crippen molar-refractivity contribution in [2.75, 3.05) is 23.7 Å². The van der Waals surface area contributed by atoms with Gasteiger partial charge in [0.2, 0.25) is 5.91 Å². The van der Waals surface area contributed by atoms with Gasteiger partial charge in [-0.3, -0.25) is 4.79 Å². The average Bonchev–Trinajstić information content (AvgIpc) is 3.14. The molecule has 0 spiro atoms. The van der Waals surface area contributed by atoms with E-state index in [1.807, 2.05) is 42.5 Å². The number of hydrogen-bond acceptors (Lipinski definition) is 4. The van der Waals surface area contributed by atoms with Gasteiger partial charge in [0.25, 0.3) is 0 Å². The molecule has 0 unspecified atom stereocenters. The molecule has 0 aliphatic heterocycles. The number of rotatable bonds is 6. The number of nitrogens with zero attached hydrogens (tertiary/aromatic N) is 2. The van der Waals surface area contributed by atoms with E-state index in [1.54, 1.807) is 6.08 Å². The molecule has 0 atom stereocenters. The van der Waals surface area contributed by atoms with Crippen molar-refractivity contribution in [1.82, 2.24) is 10.1 Å². The molecule has 0 aliphatic rings. The number of carbonyl (C=O) groups is 2. The molecule has 3 amide bonds. The van der Waals surface area contributed by atoms with Gasteiger partial charge in [0, 0.05) is 18.0 Å². The molecule has 0 aliphatic carbocycles. The van der Waals surface area contributed by atoms with Crippen LogP contribution in [0, 0.1) is 0 Å². The quantitative estimate of drug-likeness (QED) is 0.666. The van der Waals surface area contributed by atoms with E-state index in [1.165, 1.54) is 17.2 Å². The second-order valence-corrected chi connectivity index (χ2v) is 5.56. The highest BCUT2D eigenvalue weighted by Crippen LogP contribution is 2.23. The molecule has 3 aromatic rings. The zero-order valence-electron chi connectivity index (χ0n) is 14.0. The van der Waals surface area contributed by atoms with Gasteiger partial charge in [-0.05, 0) is 11.5 Å². The van der Waals surface area contributed by atoms with Crippen LogP contribution in [0.5, 0.6) is 0 Å². The Morgan fingerprint density at radius 2 is 1.92 bits per heavy atom. The molecule has 0 fully saturated rings. The first kappa shape index (κ1) is 17.2. The van der Waals surface area contributed by atoms with Gasteiger partial charge in [-0.15, -0.1) is 6.58 Å². The molecule has 0 saturated heterocycles. The second-order valence-electron chi connectivity index (χ2n) is 5.56. The van der Waals surface area contributed by atoms with Gasteiger partial charge in [0.1, 0.15) is 12.8 Å². The lowest BCUT2D eigenvalue weighted by Crippen LogP contribution is -2.40. The molecule has 132 valence electrons. The van der Waals surface area contributed by atoms with Crippen molar-refractivity contribution in [3.8, 4) is 0 Å². The van der Waals surface area contributed by atoms with E-state index in [0.717, 1.165) is 10.8 Å². The fraction of sp³-hybridized carbons (Fsp3) is 0.105. The Morgan fingerprint density at radius 1 is 1.12 bits per heavy atom. The Kier molecular flexibility index (Phi) is 5.28. The third-order valence-corrected chi connectivity index (χ3v) is 3.71. The fourth-order valence-electron chi connectivity index (χ4n) is 2.54. The van der Waals surface area contributed by atoms with Gasteiger partial charge in [0.05, 0.1) is 5.69 Å². The topological polar surface area (TPSA) is 87.5 Å². The minimum Gasteiger partial charge on any atom is -0.363 e. The highest BCUT2D eigenvalue weighted by Gasteiger charge is 2.17. The highest BCUT2D eigenvalue weighted by atomic mass is 16.5. The number of nitrogens with one attached hydrogen (secondary N) is 2. The van der Waals surface area contributed by atoms with Crippen LogP contribution < -0.4 is 10.6 Å². The van der Waals surface area contributed by atoms with Crippen molar-refractivity contribution in [3.63, 3.8) is 0 Å². The number of amides is 3. The maximum atomic E-state index is 12.6. The Morgan fingerprint density at radius 3 is 2.69 bits per heavy atom. The van der Waals surface area contributed by atoms with Crippen LogP contribution >= 0.6 is 0 Å². The van der Waals surface area contributed by atoms with Crippen molar-refractivity contribution >= 4 is 34.2 Å². The van der Waals surface area contributed by atoms with Crippen LogP contribution in [0.25, 0.3) is 10.8 Å². The molecular weight excluding hydrogens is 332 g/mol. The molecule has 2 aromatic carbocycles. The van der Waals surface area contributed by atoms with E-state index >= 15 is 0 Å². The van der Waals surface area contributed by atoms with E-state index in [0.29, 0.717) is 11.5 Å². The fourth-order valence-corrected chi connectivity index (χ4v) is 2.54. The summed E-state index contributed by atoms with van der Waals surface area (Å²) in [7, 11) is 0. The SMILES string of the molecule is C=CCN(CC(=O)Nc1ccon1)C(=O)Nc1cccc2ccccc12. The van der Waals surface area contributed by atoms with Crippen LogP contribution in [-0.4, -0.2) is 35.1 Å². The minimum absolute atomic E-state index is 0.143. The zero-order chi connectivity index (χ0) is 18.4. The van der Waals surface area contributed by atoms with Crippen LogP contribution in [0.15, 0.2) is 72.0 Å². The third kappa shape index (κ3) is 4.07. The number of carbonyl (C=O) groups excluding carboxylic acids is 2. The van der Waals surface area contributed by atoms with Gasteiger partial charge < -0.3 is 20.1 Å². The normalized spacial score (nSPS) is 10.3. The zero-order valence-corrected chi connectivity index (χ0v) is 14.0. The molecule has 2 N–H and O–H groups in total. The molecule has 1 aromatic heterocycles. The van der Waals surface area contributed by atoms with Crippen molar-refractivity contribution in [2.24, 2.45) is 0 Å². The summed E-state index contributed by atoms with van der Waals surface area (Å²) in [6.07, 6.45) is 2.91. The first-order valence-electron chi connectivity index (χ1n) is 8.02. The Balaban J connectivity index is 1.71. The van der Waals surface area contributed by atoms with E-state index in [9.17, 15) is 9.59 Å². The van der Waals surface area contributed by atoms with E-state index < -0.39 is 6.03 Å². The van der Waals surface area contributed by atoms with Crippen LogP contribution in [-0.2, 0) is 4.79 Å². The summed E-state index contributed by atoms with van der Waals surface area (Å²) in [6, 6.07) is 14.5. The Labute approximate surface area is 150 Å². The maximum Gasteiger partial charge on any atom is 0.322 e. The van der Waals surface area contributed by atoms with Crippen LogP contribution in [0.3, 0.4) is 0 Å². The predicted molar refractivity (Wildman–Crippen MR) is 99.9 cm³/mol. The summed E-state index contributed by atoms with van der Waals surface area (Å²) in [5.74, 6) is -0.0863. The molecule has 7 heteroatoms. The summed E-state index contributed by atoms with van der Waals surface area (Å²) in [5, 5.41) is 11.0. The molecule has 0 radical (unpaired) electrons.